The zero-order valence-corrected chi connectivity index (χ0v) is 10.8. The van der Waals surface area contributed by atoms with Gasteiger partial charge in [0.2, 0.25) is 0 Å². The summed E-state index contributed by atoms with van der Waals surface area (Å²) in [6.07, 6.45) is 5.60. The molecule has 0 radical (unpaired) electrons. The topological polar surface area (TPSA) is 54.3 Å². The molecule has 0 saturated carbocycles. The van der Waals surface area contributed by atoms with E-state index in [4.69, 9.17) is 14.7 Å². The summed E-state index contributed by atoms with van der Waals surface area (Å²) in [5, 5.41) is 12.1. The molecule has 1 aliphatic rings. The minimum absolute atomic E-state index is 0.0813. The predicted octanol–water partition coefficient (Wildman–Crippen LogP) is 1.85. The van der Waals surface area contributed by atoms with Gasteiger partial charge in [-0.25, -0.2) is 0 Å². The summed E-state index contributed by atoms with van der Waals surface area (Å²) in [5.41, 5.74) is 0. The second-order valence-electron chi connectivity index (χ2n) is 4.49. The van der Waals surface area contributed by atoms with E-state index >= 15 is 0 Å². The molecule has 0 spiro atoms. The zero-order valence-electron chi connectivity index (χ0n) is 10.8. The van der Waals surface area contributed by atoms with E-state index < -0.39 is 0 Å². The molecule has 0 aliphatic carbocycles. The number of rotatable bonds is 8. The molecule has 1 N–H and O–H groups in total. The minimum Gasteiger partial charge on any atom is -0.379 e. The molecule has 2 unspecified atom stereocenters. The van der Waals surface area contributed by atoms with Crippen molar-refractivity contribution in [2.24, 2.45) is 0 Å². The van der Waals surface area contributed by atoms with E-state index in [1.807, 2.05) is 0 Å². The van der Waals surface area contributed by atoms with Gasteiger partial charge in [0.05, 0.1) is 24.8 Å². The third-order valence-corrected chi connectivity index (χ3v) is 2.93. The van der Waals surface area contributed by atoms with Crippen LogP contribution in [0.1, 0.15) is 39.0 Å². The normalized spacial score (nSPS) is 22.0. The summed E-state index contributed by atoms with van der Waals surface area (Å²) < 4.78 is 11.1. The van der Waals surface area contributed by atoms with Gasteiger partial charge in [0.15, 0.2) is 0 Å². The third-order valence-electron chi connectivity index (χ3n) is 2.93. The van der Waals surface area contributed by atoms with Gasteiger partial charge in [-0.3, -0.25) is 0 Å². The van der Waals surface area contributed by atoms with Crippen LogP contribution in [0.2, 0.25) is 0 Å². The summed E-state index contributed by atoms with van der Waals surface area (Å²) in [7, 11) is 0. The number of hydrogen-bond acceptors (Lipinski definition) is 4. The number of nitrogens with one attached hydrogen (secondary N) is 1. The molecule has 17 heavy (non-hydrogen) atoms. The Bertz CT molecular complexity index is 222. The summed E-state index contributed by atoms with van der Waals surface area (Å²) in [5.74, 6) is 0. The number of nitrogens with zero attached hydrogens (tertiary/aromatic N) is 1. The van der Waals surface area contributed by atoms with Gasteiger partial charge >= 0.3 is 0 Å². The van der Waals surface area contributed by atoms with Crippen LogP contribution in [-0.2, 0) is 9.47 Å². The fraction of sp³-hybridized carbons (Fsp3) is 0.923. The Morgan fingerprint density at radius 3 is 3.06 bits per heavy atom. The standard InChI is InChI=1S/C13H24N2O2/c1-2-7-15-12(10-14)6-9-16-11-13-5-3-4-8-17-13/h12-13,15H,2-9,11H2,1H3. The number of nitriles is 1. The lowest BCUT2D eigenvalue weighted by Crippen LogP contribution is -2.30. The van der Waals surface area contributed by atoms with Gasteiger partial charge in [-0.05, 0) is 38.6 Å². The van der Waals surface area contributed by atoms with Gasteiger partial charge < -0.3 is 14.8 Å². The fourth-order valence-electron chi connectivity index (χ4n) is 1.89. The summed E-state index contributed by atoms with van der Waals surface area (Å²) in [6.45, 7) is 5.16. The van der Waals surface area contributed by atoms with E-state index in [1.54, 1.807) is 0 Å². The largest absolute Gasteiger partial charge is 0.379 e. The average Bonchev–Trinajstić information content (AvgIpc) is 2.39. The van der Waals surface area contributed by atoms with Gasteiger partial charge in [0, 0.05) is 13.2 Å². The Labute approximate surface area is 104 Å². The molecule has 1 saturated heterocycles. The summed E-state index contributed by atoms with van der Waals surface area (Å²) >= 11 is 0. The van der Waals surface area contributed by atoms with Crippen LogP contribution >= 0.6 is 0 Å². The van der Waals surface area contributed by atoms with Crippen LogP contribution in [0, 0.1) is 11.3 Å². The Kier molecular flexibility index (Phi) is 7.98. The Morgan fingerprint density at radius 2 is 2.41 bits per heavy atom. The molecule has 0 bridgehead atoms. The van der Waals surface area contributed by atoms with Crippen molar-refractivity contribution in [2.75, 3.05) is 26.4 Å². The van der Waals surface area contributed by atoms with Gasteiger partial charge in [-0.2, -0.15) is 5.26 Å². The Balaban J connectivity index is 2.00. The Morgan fingerprint density at radius 1 is 1.53 bits per heavy atom. The maximum Gasteiger partial charge on any atom is 0.0975 e. The van der Waals surface area contributed by atoms with Crippen LogP contribution in [-0.4, -0.2) is 38.5 Å². The highest BCUT2D eigenvalue weighted by molar-refractivity contribution is 4.89. The second kappa shape index (κ2) is 9.41. The van der Waals surface area contributed by atoms with E-state index in [0.717, 1.165) is 32.4 Å². The molecule has 0 aromatic rings. The molecule has 1 aliphatic heterocycles. The van der Waals surface area contributed by atoms with Gasteiger partial charge in [-0.1, -0.05) is 6.92 Å². The lowest BCUT2D eigenvalue weighted by Gasteiger charge is -2.22. The van der Waals surface area contributed by atoms with E-state index in [0.29, 0.717) is 13.2 Å². The maximum absolute atomic E-state index is 8.91. The van der Waals surface area contributed by atoms with E-state index in [9.17, 15) is 0 Å². The molecule has 1 fully saturated rings. The highest BCUT2D eigenvalue weighted by Gasteiger charge is 2.14. The first-order chi connectivity index (χ1) is 8.36. The number of ether oxygens (including phenoxy) is 2. The van der Waals surface area contributed by atoms with Crippen LogP contribution in [0.4, 0.5) is 0 Å². The van der Waals surface area contributed by atoms with Gasteiger partial charge in [0.1, 0.15) is 0 Å². The number of hydrogen-bond donors (Lipinski definition) is 1. The van der Waals surface area contributed by atoms with Crippen molar-refractivity contribution in [3.05, 3.63) is 0 Å². The highest BCUT2D eigenvalue weighted by atomic mass is 16.5. The van der Waals surface area contributed by atoms with Gasteiger partial charge in [-0.15, -0.1) is 0 Å². The first-order valence-corrected chi connectivity index (χ1v) is 6.69. The molecular formula is C13H24N2O2. The molecule has 0 amide bonds. The van der Waals surface area contributed by atoms with Crippen molar-refractivity contribution in [1.29, 1.82) is 5.26 Å². The highest BCUT2D eigenvalue weighted by Crippen LogP contribution is 2.12. The monoisotopic (exact) mass is 240 g/mol. The molecule has 98 valence electrons. The summed E-state index contributed by atoms with van der Waals surface area (Å²) in [6, 6.07) is 2.17. The first kappa shape index (κ1) is 14.4. The molecule has 4 heteroatoms. The van der Waals surface area contributed by atoms with Crippen molar-refractivity contribution in [3.63, 3.8) is 0 Å². The molecule has 1 heterocycles. The zero-order chi connectivity index (χ0) is 12.3. The lowest BCUT2D eigenvalue weighted by atomic mass is 10.1. The summed E-state index contributed by atoms with van der Waals surface area (Å²) in [4.78, 5) is 0. The molecule has 0 aromatic heterocycles. The molecule has 2 atom stereocenters. The van der Waals surface area contributed by atoms with Crippen molar-refractivity contribution < 1.29 is 9.47 Å². The SMILES string of the molecule is CCCNC(C#N)CCOCC1CCCCO1. The predicted molar refractivity (Wildman–Crippen MR) is 66.7 cm³/mol. The van der Waals surface area contributed by atoms with Crippen LogP contribution < -0.4 is 5.32 Å². The second-order valence-corrected chi connectivity index (χ2v) is 4.49. The van der Waals surface area contributed by atoms with Crippen LogP contribution in [0.15, 0.2) is 0 Å². The lowest BCUT2D eigenvalue weighted by molar-refractivity contribution is -0.0413. The molecule has 1 rings (SSSR count). The van der Waals surface area contributed by atoms with Crippen LogP contribution in [0.5, 0.6) is 0 Å². The molecule has 0 aromatic carbocycles. The third kappa shape index (κ3) is 6.62. The quantitative estimate of drug-likeness (QED) is 0.658. The van der Waals surface area contributed by atoms with E-state index in [-0.39, 0.29) is 12.1 Å². The van der Waals surface area contributed by atoms with Gasteiger partial charge in [0.25, 0.3) is 0 Å². The first-order valence-electron chi connectivity index (χ1n) is 6.69. The van der Waals surface area contributed by atoms with Crippen molar-refractivity contribution in [3.8, 4) is 6.07 Å². The van der Waals surface area contributed by atoms with E-state index in [1.165, 1.54) is 12.8 Å². The van der Waals surface area contributed by atoms with E-state index in [2.05, 4.69) is 18.3 Å². The van der Waals surface area contributed by atoms with Crippen molar-refractivity contribution in [1.82, 2.24) is 5.32 Å². The molecule has 4 nitrogen and oxygen atoms in total. The average molecular weight is 240 g/mol. The van der Waals surface area contributed by atoms with Crippen molar-refractivity contribution >= 4 is 0 Å². The molecular weight excluding hydrogens is 216 g/mol. The fourth-order valence-corrected chi connectivity index (χ4v) is 1.89. The maximum atomic E-state index is 8.91. The minimum atomic E-state index is -0.0813. The Hall–Kier alpha value is -0.630. The smallest absolute Gasteiger partial charge is 0.0975 e. The van der Waals surface area contributed by atoms with Crippen molar-refractivity contribution in [2.45, 2.75) is 51.2 Å². The van der Waals surface area contributed by atoms with Crippen LogP contribution in [0.25, 0.3) is 0 Å². The van der Waals surface area contributed by atoms with Crippen LogP contribution in [0.3, 0.4) is 0 Å².